The number of amides is 1. The minimum Gasteiger partial charge on any atom is -0.354 e. The zero-order valence-corrected chi connectivity index (χ0v) is 15.8. The summed E-state index contributed by atoms with van der Waals surface area (Å²) in [5.74, 6) is 1.38. The van der Waals surface area contributed by atoms with E-state index in [1.54, 1.807) is 0 Å². The molecule has 1 amide bonds. The Hall–Kier alpha value is -1.62. The molecule has 0 unspecified atom stereocenters. The van der Waals surface area contributed by atoms with Gasteiger partial charge in [0, 0.05) is 56.1 Å². The molecule has 0 aromatic carbocycles. The van der Waals surface area contributed by atoms with Gasteiger partial charge in [-0.3, -0.25) is 9.69 Å². The highest BCUT2D eigenvalue weighted by molar-refractivity contribution is 5.92. The number of piperazine rings is 1. The largest absolute Gasteiger partial charge is 0.354 e. The van der Waals surface area contributed by atoms with E-state index in [0.717, 1.165) is 56.6 Å². The second-order valence-electron chi connectivity index (χ2n) is 8.19. The molecule has 0 radical (unpaired) electrons. The van der Waals surface area contributed by atoms with Gasteiger partial charge in [0.15, 0.2) is 0 Å². The Bertz CT molecular complexity index is 600. The quantitative estimate of drug-likeness (QED) is 0.894. The van der Waals surface area contributed by atoms with E-state index in [1.165, 1.54) is 44.9 Å². The van der Waals surface area contributed by atoms with Gasteiger partial charge < -0.3 is 10.2 Å². The predicted molar refractivity (Wildman–Crippen MR) is 105 cm³/mol. The highest BCUT2D eigenvalue weighted by Crippen LogP contribution is 2.27. The summed E-state index contributed by atoms with van der Waals surface area (Å²) in [5, 5.41) is 3.13. The van der Waals surface area contributed by atoms with Crippen molar-refractivity contribution in [3.8, 4) is 0 Å². The third-order valence-electron chi connectivity index (χ3n) is 6.47. The van der Waals surface area contributed by atoms with Crippen LogP contribution in [0.3, 0.4) is 0 Å². The number of carbonyl (C=O) groups excluding carboxylic acids is 1. The first-order valence-electron chi connectivity index (χ1n) is 10.6. The number of carbonyl (C=O) groups is 1. The van der Waals surface area contributed by atoms with Gasteiger partial charge in [-0.05, 0) is 31.7 Å². The first-order valence-corrected chi connectivity index (χ1v) is 10.6. The van der Waals surface area contributed by atoms with Crippen LogP contribution in [-0.4, -0.2) is 48.0 Å². The lowest BCUT2D eigenvalue weighted by Gasteiger charge is -2.38. The summed E-state index contributed by atoms with van der Waals surface area (Å²) in [5.41, 5.74) is 0.892. The number of hydrogen-bond acceptors (Lipinski definition) is 4. The molecule has 1 saturated heterocycles. The molecule has 0 atom stereocenters. The lowest BCUT2D eigenvalue weighted by Crippen LogP contribution is -2.50. The van der Waals surface area contributed by atoms with Crippen molar-refractivity contribution in [3.05, 3.63) is 18.3 Å². The number of nitrogens with zero attached hydrogens (tertiary/aromatic N) is 3. The van der Waals surface area contributed by atoms with Gasteiger partial charge in [-0.1, -0.05) is 32.1 Å². The molecule has 1 aliphatic heterocycles. The van der Waals surface area contributed by atoms with Crippen molar-refractivity contribution in [2.24, 2.45) is 5.92 Å². The van der Waals surface area contributed by atoms with Crippen LogP contribution in [0.5, 0.6) is 0 Å². The van der Waals surface area contributed by atoms with Gasteiger partial charge in [-0.2, -0.15) is 0 Å². The minimum absolute atomic E-state index is 0.188. The number of nitrogens with one attached hydrogen (secondary N) is 1. The van der Waals surface area contributed by atoms with Crippen LogP contribution in [0.4, 0.5) is 11.5 Å². The van der Waals surface area contributed by atoms with Gasteiger partial charge in [0.2, 0.25) is 5.91 Å². The van der Waals surface area contributed by atoms with Gasteiger partial charge in [-0.25, -0.2) is 4.98 Å². The fourth-order valence-corrected chi connectivity index (χ4v) is 4.86. The first kappa shape index (κ1) is 17.8. The molecule has 26 heavy (non-hydrogen) atoms. The molecule has 0 spiro atoms. The molecule has 5 heteroatoms. The summed E-state index contributed by atoms with van der Waals surface area (Å²) in [7, 11) is 0. The maximum Gasteiger partial charge on any atom is 0.227 e. The highest BCUT2D eigenvalue weighted by atomic mass is 16.1. The Morgan fingerprint density at radius 3 is 2.38 bits per heavy atom. The van der Waals surface area contributed by atoms with E-state index in [-0.39, 0.29) is 11.8 Å². The van der Waals surface area contributed by atoms with Crippen LogP contribution in [-0.2, 0) is 4.79 Å². The molecule has 142 valence electrons. The van der Waals surface area contributed by atoms with Crippen molar-refractivity contribution in [2.75, 3.05) is 36.4 Å². The Morgan fingerprint density at radius 1 is 0.962 bits per heavy atom. The molecule has 4 rings (SSSR count). The molecule has 5 nitrogen and oxygen atoms in total. The van der Waals surface area contributed by atoms with E-state index < -0.39 is 0 Å². The zero-order chi connectivity index (χ0) is 17.8. The molecular weight excluding hydrogens is 324 g/mol. The fourth-order valence-electron chi connectivity index (χ4n) is 4.86. The minimum atomic E-state index is 0.188. The Balaban J connectivity index is 1.33. The summed E-state index contributed by atoms with van der Waals surface area (Å²) in [4.78, 5) is 22.1. The zero-order valence-electron chi connectivity index (χ0n) is 15.8. The van der Waals surface area contributed by atoms with Crippen LogP contribution in [0.15, 0.2) is 18.3 Å². The van der Waals surface area contributed by atoms with Crippen molar-refractivity contribution in [1.29, 1.82) is 0 Å². The van der Waals surface area contributed by atoms with Crippen LogP contribution in [0, 0.1) is 5.92 Å². The van der Waals surface area contributed by atoms with Crippen LogP contribution < -0.4 is 10.2 Å². The highest BCUT2D eigenvalue weighted by Gasteiger charge is 2.27. The number of rotatable bonds is 4. The Labute approximate surface area is 157 Å². The molecule has 1 N–H and O–H groups in total. The summed E-state index contributed by atoms with van der Waals surface area (Å²) in [6, 6.07) is 4.77. The number of hydrogen-bond donors (Lipinski definition) is 1. The summed E-state index contributed by atoms with van der Waals surface area (Å²) < 4.78 is 0. The second-order valence-corrected chi connectivity index (χ2v) is 8.19. The van der Waals surface area contributed by atoms with Crippen molar-refractivity contribution < 1.29 is 4.79 Å². The van der Waals surface area contributed by atoms with E-state index in [1.807, 2.05) is 18.3 Å². The smallest absolute Gasteiger partial charge is 0.227 e. The van der Waals surface area contributed by atoms with Gasteiger partial charge in [-0.15, -0.1) is 0 Å². The molecular formula is C21H32N4O. The van der Waals surface area contributed by atoms with Gasteiger partial charge in [0.05, 0.1) is 0 Å². The number of anilines is 2. The first-order chi connectivity index (χ1) is 12.8. The standard InChI is InChI=1S/C21H32N4O/c26-21(17-6-2-1-3-7-17)23-18-10-11-22-20(16-18)25-14-12-24(13-15-25)19-8-4-5-9-19/h10-11,16-17,19H,1-9,12-15H2,(H,22,23,26). The Kier molecular flexibility index (Phi) is 5.73. The van der Waals surface area contributed by atoms with Crippen molar-refractivity contribution in [3.63, 3.8) is 0 Å². The maximum atomic E-state index is 12.5. The summed E-state index contributed by atoms with van der Waals surface area (Å²) in [6.45, 7) is 4.32. The Morgan fingerprint density at radius 2 is 1.65 bits per heavy atom. The van der Waals surface area contributed by atoms with Crippen molar-refractivity contribution in [1.82, 2.24) is 9.88 Å². The van der Waals surface area contributed by atoms with Crippen molar-refractivity contribution in [2.45, 2.75) is 63.8 Å². The molecule has 1 aromatic rings. The molecule has 2 saturated carbocycles. The molecule has 3 fully saturated rings. The number of pyridine rings is 1. The lowest BCUT2D eigenvalue weighted by atomic mass is 9.88. The average molecular weight is 357 g/mol. The maximum absolute atomic E-state index is 12.5. The van der Waals surface area contributed by atoms with E-state index in [4.69, 9.17) is 0 Å². The molecule has 2 aliphatic carbocycles. The number of aromatic nitrogens is 1. The van der Waals surface area contributed by atoms with E-state index >= 15 is 0 Å². The van der Waals surface area contributed by atoms with E-state index in [9.17, 15) is 4.79 Å². The average Bonchev–Trinajstić information content (AvgIpc) is 3.24. The normalized spacial score (nSPS) is 23.3. The van der Waals surface area contributed by atoms with Gasteiger partial charge in [0.25, 0.3) is 0 Å². The second kappa shape index (κ2) is 8.38. The van der Waals surface area contributed by atoms with E-state index in [2.05, 4.69) is 20.1 Å². The lowest BCUT2D eigenvalue weighted by molar-refractivity contribution is -0.120. The predicted octanol–water partition coefficient (Wildman–Crippen LogP) is 3.67. The molecule has 3 aliphatic rings. The fraction of sp³-hybridized carbons (Fsp3) is 0.714. The van der Waals surface area contributed by atoms with Crippen LogP contribution in [0.1, 0.15) is 57.8 Å². The third-order valence-corrected chi connectivity index (χ3v) is 6.47. The van der Waals surface area contributed by atoms with E-state index in [0.29, 0.717) is 0 Å². The topological polar surface area (TPSA) is 48.5 Å². The molecule has 1 aromatic heterocycles. The van der Waals surface area contributed by atoms with Crippen LogP contribution in [0.2, 0.25) is 0 Å². The van der Waals surface area contributed by atoms with Crippen LogP contribution >= 0.6 is 0 Å². The van der Waals surface area contributed by atoms with Crippen LogP contribution in [0.25, 0.3) is 0 Å². The molecule has 0 bridgehead atoms. The summed E-state index contributed by atoms with van der Waals surface area (Å²) in [6.07, 6.45) is 13.1. The van der Waals surface area contributed by atoms with Gasteiger partial charge in [0.1, 0.15) is 5.82 Å². The van der Waals surface area contributed by atoms with Crippen molar-refractivity contribution >= 4 is 17.4 Å². The molecule has 2 heterocycles. The third kappa shape index (κ3) is 4.20. The monoisotopic (exact) mass is 356 g/mol. The SMILES string of the molecule is O=C(Nc1ccnc(N2CCN(C3CCCC3)CC2)c1)C1CCCCC1. The van der Waals surface area contributed by atoms with Gasteiger partial charge >= 0.3 is 0 Å². The summed E-state index contributed by atoms with van der Waals surface area (Å²) >= 11 is 0.